The Morgan fingerprint density at radius 3 is 2.95 bits per heavy atom. The summed E-state index contributed by atoms with van der Waals surface area (Å²) < 4.78 is 10.7. The molecule has 0 saturated heterocycles. The average Bonchev–Trinajstić information content (AvgIpc) is 2.89. The molecule has 3 rings (SSSR count). The lowest BCUT2D eigenvalue weighted by molar-refractivity contribution is 0.399. The number of nitrogens with one attached hydrogen (secondary N) is 1. The van der Waals surface area contributed by atoms with Gasteiger partial charge < -0.3 is 14.8 Å². The molecule has 0 saturated carbocycles. The second-order valence-electron chi connectivity index (χ2n) is 4.76. The van der Waals surface area contributed by atoms with Gasteiger partial charge in [-0.3, -0.25) is 0 Å². The fraction of sp³-hybridized carbons (Fsp3) is 0.400. The van der Waals surface area contributed by atoms with E-state index in [0.717, 1.165) is 48.0 Å². The molecule has 0 amide bonds. The van der Waals surface area contributed by atoms with Gasteiger partial charge in [-0.1, -0.05) is 0 Å². The molecule has 4 nitrogen and oxygen atoms in total. The Balaban J connectivity index is 1.88. The highest BCUT2D eigenvalue weighted by molar-refractivity contribution is 7.11. The Kier molecular flexibility index (Phi) is 3.89. The lowest BCUT2D eigenvalue weighted by Crippen LogP contribution is -2.22. The first-order chi connectivity index (χ1) is 9.80. The fourth-order valence-corrected chi connectivity index (χ4v) is 3.55. The van der Waals surface area contributed by atoms with Crippen LogP contribution in [-0.4, -0.2) is 25.7 Å². The van der Waals surface area contributed by atoms with Crippen LogP contribution < -0.4 is 14.8 Å². The molecule has 0 unspecified atom stereocenters. The molecule has 0 spiro atoms. The number of nitrogens with zero attached hydrogens (tertiary/aromatic N) is 1. The predicted octanol–water partition coefficient (Wildman–Crippen LogP) is 2.40. The smallest absolute Gasteiger partial charge is 0.122 e. The van der Waals surface area contributed by atoms with Gasteiger partial charge in [-0.2, -0.15) is 0 Å². The highest BCUT2D eigenvalue weighted by atomic mass is 32.1. The van der Waals surface area contributed by atoms with Gasteiger partial charge >= 0.3 is 0 Å². The van der Waals surface area contributed by atoms with Gasteiger partial charge in [0.1, 0.15) is 11.5 Å². The zero-order valence-electron chi connectivity index (χ0n) is 11.7. The summed E-state index contributed by atoms with van der Waals surface area (Å²) in [5.41, 5.74) is 2.37. The Bertz CT molecular complexity index is 586. The van der Waals surface area contributed by atoms with Gasteiger partial charge in [0.15, 0.2) is 0 Å². The van der Waals surface area contributed by atoms with E-state index in [1.807, 2.05) is 18.2 Å². The monoisotopic (exact) mass is 290 g/mol. The van der Waals surface area contributed by atoms with E-state index < -0.39 is 0 Å². The molecule has 0 atom stereocenters. The van der Waals surface area contributed by atoms with Crippen molar-refractivity contribution >= 4 is 11.3 Å². The van der Waals surface area contributed by atoms with Crippen LogP contribution in [0, 0.1) is 0 Å². The number of benzene rings is 1. The third kappa shape index (κ3) is 2.64. The number of fused-ring (bicyclic) bond motifs is 1. The van der Waals surface area contributed by atoms with Gasteiger partial charge in [0.2, 0.25) is 0 Å². The van der Waals surface area contributed by atoms with Gasteiger partial charge in [-0.15, -0.1) is 11.3 Å². The van der Waals surface area contributed by atoms with E-state index >= 15 is 0 Å². The number of methoxy groups -OCH3 is 2. The summed E-state index contributed by atoms with van der Waals surface area (Å²) in [6.45, 7) is 1.97. The first-order valence-electron chi connectivity index (χ1n) is 6.69. The SMILES string of the molecule is COc1ccc(OC)c(Cc2nc3c(s2)CNCC3)c1. The van der Waals surface area contributed by atoms with Crippen molar-refractivity contribution in [2.75, 3.05) is 20.8 Å². The molecule has 0 aliphatic carbocycles. The summed E-state index contributed by atoms with van der Waals surface area (Å²) >= 11 is 1.79. The van der Waals surface area contributed by atoms with E-state index in [4.69, 9.17) is 14.5 Å². The maximum atomic E-state index is 5.43. The Hall–Kier alpha value is -1.59. The lowest BCUT2D eigenvalue weighted by Gasteiger charge is -2.09. The van der Waals surface area contributed by atoms with Crippen LogP contribution in [-0.2, 0) is 19.4 Å². The van der Waals surface area contributed by atoms with Crippen LogP contribution in [0.4, 0.5) is 0 Å². The summed E-state index contributed by atoms with van der Waals surface area (Å²) in [7, 11) is 3.38. The number of hydrogen-bond acceptors (Lipinski definition) is 5. The molecular weight excluding hydrogens is 272 g/mol. The minimum absolute atomic E-state index is 0.790. The average molecular weight is 290 g/mol. The first kappa shape index (κ1) is 13.4. The van der Waals surface area contributed by atoms with Gasteiger partial charge in [-0.25, -0.2) is 4.98 Å². The third-order valence-corrected chi connectivity index (χ3v) is 4.57. The van der Waals surface area contributed by atoms with Crippen LogP contribution in [0.25, 0.3) is 0 Å². The van der Waals surface area contributed by atoms with Crippen LogP contribution in [0.3, 0.4) is 0 Å². The molecule has 0 bridgehead atoms. The molecule has 5 heteroatoms. The van der Waals surface area contributed by atoms with Crippen molar-refractivity contribution in [3.05, 3.63) is 39.3 Å². The van der Waals surface area contributed by atoms with Crippen molar-refractivity contribution in [2.24, 2.45) is 0 Å². The predicted molar refractivity (Wildman–Crippen MR) is 79.9 cm³/mol. The van der Waals surface area contributed by atoms with Gasteiger partial charge in [0.05, 0.1) is 24.9 Å². The number of ether oxygens (including phenoxy) is 2. The first-order valence-corrected chi connectivity index (χ1v) is 7.51. The number of thiazole rings is 1. The van der Waals surface area contributed by atoms with Gasteiger partial charge in [0.25, 0.3) is 0 Å². The molecule has 0 fully saturated rings. The molecule has 2 aromatic rings. The number of hydrogen-bond donors (Lipinski definition) is 1. The van der Waals surface area contributed by atoms with Crippen molar-refractivity contribution < 1.29 is 9.47 Å². The van der Waals surface area contributed by atoms with Crippen molar-refractivity contribution in [1.29, 1.82) is 0 Å². The summed E-state index contributed by atoms with van der Waals surface area (Å²) in [4.78, 5) is 6.13. The second kappa shape index (κ2) is 5.81. The lowest BCUT2D eigenvalue weighted by atomic mass is 10.1. The molecule has 0 radical (unpaired) electrons. The van der Waals surface area contributed by atoms with Crippen molar-refractivity contribution in [3.8, 4) is 11.5 Å². The van der Waals surface area contributed by atoms with E-state index in [2.05, 4.69) is 5.32 Å². The molecule has 20 heavy (non-hydrogen) atoms. The Labute approximate surface area is 122 Å². The molecule has 1 aromatic carbocycles. The Morgan fingerprint density at radius 1 is 1.30 bits per heavy atom. The van der Waals surface area contributed by atoms with Crippen LogP contribution in [0.2, 0.25) is 0 Å². The molecule has 1 aromatic heterocycles. The fourth-order valence-electron chi connectivity index (χ4n) is 2.44. The van der Waals surface area contributed by atoms with Crippen LogP contribution in [0.1, 0.15) is 21.1 Å². The molecule has 1 N–H and O–H groups in total. The topological polar surface area (TPSA) is 43.4 Å². The van der Waals surface area contributed by atoms with Crippen LogP contribution >= 0.6 is 11.3 Å². The standard InChI is InChI=1S/C15H18N2O2S/c1-18-11-3-4-13(19-2)10(7-11)8-15-17-12-5-6-16-9-14(12)20-15/h3-4,7,16H,5-6,8-9H2,1-2H3. The van der Waals surface area contributed by atoms with Crippen molar-refractivity contribution in [1.82, 2.24) is 10.3 Å². The zero-order valence-corrected chi connectivity index (χ0v) is 12.5. The summed E-state index contributed by atoms with van der Waals surface area (Å²) in [5.74, 6) is 1.74. The number of rotatable bonds is 4. The largest absolute Gasteiger partial charge is 0.497 e. The van der Waals surface area contributed by atoms with E-state index in [0.29, 0.717) is 0 Å². The molecule has 1 aliphatic rings. The van der Waals surface area contributed by atoms with E-state index in [1.165, 1.54) is 10.6 Å². The van der Waals surface area contributed by atoms with Crippen LogP contribution in [0.5, 0.6) is 11.5 Å². The minimum atomic E-state index is 0.790. The van der Waals surface area contributed by atoms with Gasteiger partial charge in [-0.05, 0) is 18.2 Å². The Morgan fingerprint density at radius 2 is 2.20 bits per heavy atom. The number of aromatic nitrogens is 1. The molecule has 2 heterocycles. The quantitative estimate of drug-likeness (QED) is 0.939. The second-order valence-corrected chi connectivity index (χ2v) is 5.93. The van der Waals surface area contributed by atoms with Crippen molar-refractivity contribution in [2.45, 2.75) is 19.4 Å². The maximum Gasteiger partial charge on any atom is 0.122 e. The normalized spacial score (nSPS) is 13.9. The van der Waals surface area contributed by atoms with Crippen molar-refractivity contribution in [3.63, 3.8) is 0 Å². The van der Waals surface area contributed by atoms with E-state index in [-0.39, 0.29) is 0 Å². The van der Waals surface area contributed by atoms with Crippen LogP contribution in [0.15, 0.2) is 18.2 Å². The van der Waals surface area contributed by atoms with E-state index in [1.54, 1.807) is 25.6 Å². The molecular formula is C15H18N2O2S. The minimum Gasteiger partial charge on any atom is -0.497 e. The highest BCUT2D eigenvalue weighted by Crippen LogP contribution is 2.29. The third-order valence-electron chi connectivity index (χ3n) is 3.48. The molecule has 106 valence electrons. The summed E-state index contributed by atoms with van der Waals surface area (Å²) in [6, 6.07) is 5.89. The molecule has 1 aliphatic heterocycles. The summed E-state index contributed by atoms with van der Waals surface area (Å²) in [6.07, 6.45) is 1.82. The van der Waals surface area contributed by atoms with E-state index in [9.17, 15) is 0 Å². The zero-order chi connectivity index (χ0) is 13.9. The van der Waals surface area contributed by atoms with Gasteiger partial charge in [0, 0.05) is 36.4 Å². The highest BCUT2D eigenvalue weighted by Gasteiger charge is 2.16. The maximum absolute atomic E-state index is 5.43. The summed E-state index contributed by atoms with van der Waals surface area (Å²) in [5, 5.41) is 4.53.